The maximum atomic E-state index is 12.5. The average molecular weight is 336 g/mol. The molecule has 7 heteroatoms. The topological polar surface area (TPSA) is 78.3 Å². The Morgan fingerprint density at radius 1 is 1.16 bits per heavy atom. The summed E-state index contributed by atoms with van der Waals surface area (Å²) in [6.07, 6.45) is 5.60. The number of imidazole rings is 1. The highest BCUT2D eigenvalue weighted by Crippen LogP contribution is 2.33. The molecule has 0 saturated carbocycles. The molecule has 1 aromatic carbocycles. The molecule has 0 fully saturated rings. The minimum atomic E-state index is -0.733. The molecule has 1 N–H and O–H groups in total. The zero-order valence-corrected chi connectivity index (χ0v) is 13.5. The Morgan fingerprint density at radius 3 is 2.64 bits per heavy atom. The molecule has 3 aromatic rings. The molecule has 3 heterocycles. The molecule has 7 nitrogen and oxygen atoms in total. The second-order valence-corrected chi connectivity index (χ2v) is 5.67. The Kier molecular flexibility index (Phi) is 3.81. The summed E-state index contributed by atoms with van der Waals surface area (Å²) >= 11 is 0. The molecule has 1 amide bonds. The van der Waals surface area contributed by atoms with E-state index in [1.807, 2.05) is 18.2 Å². The second-order valence-electron chi connectivity index (χ2n) is 5.67. The molecule has 25 heavy (non-hydrogen) atoms. The van der Waals surface area contributed by atoms with Crippen molar-refractivity contribution in [2.45, 2.75) is 19.1 Å². The van der Waals surface area contributed by atoms with Gasteiger partial charge in [-0.25, -0.2) is 9.97 Å². The minimum Gasteiger partial charge on any atom is -0.482 e. The van der Waals surface area contributed by atoms with Crippen LogP contribution < -0.4 is 14.8 Å². The van der Waals surface area contributed by atoms with E-state index >= 15 is 0 Å². The van der Waals surface area contributed by atoms with E-state index in [0.29, 0.717) is 17.2 Å². The quantitative estimate of drug-likeness (QED) is 0.795. The SMILES string of the molecule is C[C@@H]1Oc2ccccc2O[C@H]1C(=O)Nc1ccc(-n2ccnc2)nc1. The predicted octanol–water partition coefficient (Wildman–Crippen LogP) is 2.43. The number of rotatable bonds is 3. The van der Waals surface area contributed by atoms with Crippen LogP contribution >= 0.6 is 0 Å². The summed E-state index contributed by atoms with van der Waals surface area (Å²) in [7, 11) is 0. The highest BCUT2D eigenvalue weighted by molar-refractivity contribution is 5.95. The standard InChI is InChI=1S/C18H16N4O3/c1-12-17(25-15-5-3-2-4-14(15)24-12)18(23)21-13-6-7-16(20-10-13)22-9-8-19-11-22/h2-12,17H,1H3,(H,21,23)/t12-,17+/m0/s1. The van der Waals surface area contributed by atoms with Gasteiger partial charge in [0, 0.05) is 12.4 Å². The lowest BCUT2D eigenvalue weighted by Crippen LogP contribution is -2.46. The molecule has 1 aliphatic heterocycles. The first-order valence-electron chi connectivity index (χ1n) is 7.88. The number of aromatic nitrogens is 3. The Morgan fingerprint density at radius 2 is 1.96 bits per heavy atom. The number of hydrogen-bond acceptors (Lipinski definition) is 5. The first-order chi connectivity index (χ1) is 12.2. The van der Waals surface area contributed by atoms with Crippen LogP contribution in [0.3, 0.4) is 0 Å². The van der Waals surface area contributed by atoms with Crippen molar-refractivity contribution in [3.05, 3.63) is 61.3 Å². The highest BCUT2D eigenvalue weighted by Gasteiger charge is 2.34. The minimum absolute atomic E-state index is 0.279. The third-order valence-electron chi connectivity index (χ3n) is 3.89. The van der Waals surface area contributed by atoms with Crippen molar-refractivity contribution in [2.24, 2.45) is 0 Å². The van der Waals surface area contributed by atoms with E-state index in [-0.39, 0.29) is 5.91 Å². The molecule has 1 aliphatic rings. The zero-order valence-electron chi connectivity index (χ0n) is 13.5. The zero-order chi connectivity index (χ0) is 17.2. The number of pyridine rings is 1. The first-order valence-corrected chi connectivity index (χ1v) is 7.88. The van der Waals surface area contributed by atoms with E-state index in [0.717, 1.165) is 5.82 Å². The summed E-state index contributed by atoms with van der Waals surface area (Å²) in [4.78, 5) is 20.8. The normalized spacial score (nSPS) is 18.6. The van der Waals surface area contributed by atoms with Gasteiger partial charge >= 0.3 is 0 Å². The number of ether oxygens (including phenoxy) is 2. The van der Waals surface area contributed by atoms with Crippen LogP contribution in [0.1, 0.15) is 6.92 Å². The van der Waals surface area contributed by atoms with Crippen LogP contribution in [-0.4, -0.2) is 32.7 Å². The predicted molar refractivity (Wildman–Crippen MR) is 90.9 cm³/mol. The Hall–Kier alpha value is -3.35. The molecule has 0 aliphatic carbocycles. The second kappa shape index (κ2) is 6.27. The number of para-hydroxylation sites is 2. The van der Waals surface area contributed by atoms with Crippen molar-refractivity contribution in [2.75, 3.05) is 5.32 Å². The van der Waals surface area contributed by atoms with Gasteiger partial charge in [-0.15, -0.1) is 0 Å². The van der Waals surface area contributed by atoms with Crippen LogP contribution in [0.2, 0.25) is 0 Å². The van der Waals surface area contributed by atoms with Crippen molar-refractivity contribution in [3.63, 3.8) is 0 Å². The molecule has 2 aromatic heterocycles. The Balaban J connectivity index is 1.47. The van der Waals surface area contributed by atoms with Crippen LogP contribution in [0.5, 0.6) is 11.5 Å². The van der Waals surface area contributed by atoms with E-state index in [4.69, 9.17) is 9.47 Å². The van der Waals surface area contributed by atoms with E-state index < -0.39 is 12.2 Å². The lowest BCUT2D eigenvalue weighted by Gasteiger charge is -2.30. The van der Waals surface area contributed by atoms with Gasteiger partial charge in [0.05, 0.1) is 11.9 Å². The monoisotopic (exact) mass is 336 g/mol. The fourth-order valence-electron chi connectivity index (χ4n) is 2.63. The molecular formula is C18H16N4O3. The molecule has 126 valence electrons. The van der Waals surface area contributed by atoms with Crippen LogP contribution in [-0.2, 0) is 4.79 Å². The van der Waals surface area contributed by atoms with Crippen molar-refractivity contribution in [1.82, 2.24) is 14.5 Å². The molecule has 0 radical (unpaired) electrons. The number of benzene rings is 1. The number of nitrogens with zero attached hydrogens (tertiary/aromatic N) is 3. The van der Waals surface area contributed by atoms with Gasteiger partial charge in [-0.1, -0.05) is 12.1 Å². The molecule has 0 unspecified atom stereocenters. The van der Waals surface area contributed by atoms with Gasteiger partial charge < -0.3 is 14.8 Å². The lowest BCUT2D eigenvalue weighted by molar-refractivity contribution is -0.128. The number of carbonyl (C=O) groups excluding carboxylic acids is 1. The molecule has 0 spiro atoms. The number of fused-ring (bicyclic) bond motifs is 1. The Labute approximate surface area is 144 Å². The number of hydrogen-bond donors (Lipinski definition) is 1. The van der Waals surface area contributed by atoms with E-state index in [1.165, 1.54) is 0 Å². The van der Waals surface area contributed by atoms with Crippen LogP contribution in [0.15, 0.2) is 61.3 Å². The molecule has 0 bridgehead atoms. The first kappa shape index (κ1) is 15.2. The molecular weight excluding hydrogens is 320 g/mol. The summed E-state index contributed by atoms with van der Waals surface area (Å²) in [6, 6.07) is 10.9. The summed E-state index contributed by atoms with van der Waals surface area (Å²) in [6.45, 7) is 1.81. The van der Waals surface area contributed by atoms with Crippen molar-refractivity contribution in [1.29, 1.82) is 0 Å². The maximum absolute atomic E-state index is 12.5. The van der Waals surface area contributed by atoms with Crippen molar-refractivity contribution in [3.8, 4) is 17.3 Å². The van der Waals surface area contributed by atoms with E-state index in [2.05, 4.69) is 15.3 Å². The van der Waals surface area contributed by atoms with Gasteiger partial charge in [0.2, 0.25) is 6.10 Å². The van der Waals surface area contributed by atoms with Gasteiger partial charge in [-0.2, -0.15) is 0 Å². The summed E-state index contributed by atoms with van der Waals surface area (Å²) in [5, 5.41) is 2.81. The Bertz CT molecular complexity index is 878. The molecule has 4 rings (SSSR count). The molecule has 2 atom stereocenters. The molecule has 0 saturated heterocycles. The maximum Gasteiger partial charge on any atom is 0.269 e. The summed E-state index contributed by atoms with van der Waals surface area (Å²) in [5.74, 6) is 1.65. The van der Waals surface area contributed by atoms with Gasteiger partial charge in [-0.05, 0) is 31.2 Å². The third kappa shape index (κ3) is 3.03. The van der Waals surface area contributed by atoms with Crippen LogP contribution in [0.25, 0.3) is 5.82 Å². The largest absolute Gasteiger partial charge is 0.482 e. The third-order valence-corrected chi connectivity index (χ3v) is 3.89. The number of nitrogens with one attached hydrogen (secondary N) is 1. The van der Waals surface area contributed by atoms with Gasteiger partial charge in [0.1, 0.15) is 18.2 Å². The number of carbonyl (C=O) groups is 1. The van der Waals surface area contributed by atoms with Crippen LogP contribution in [0.4, 0.5) is 5.69 Å². The van der Waals surface area contributed by atoms with Gasteiger partial charge in [0.25, 0.3) is 5.91 Å². The lowest BCUT2D eigenvalue weighted by atomic mass is 10.1. The number of anilines is 1. The van der Waals surface area contributed by atoms with Gasteiger partial charge in [0.15, 0.2) is 11.5 Å². The average Bonchev–Trinajstić information content (AvgIpc) is 3.16. The van der Waals surface area contributed by atoms with Crippen molar-refractivity contribution >= 4 is 11.6 Å². The smallest absolute Gasteiger partial charge is 0.269 e. The fraction of sp³-hybridized carbons (Fsp3) is 0.167. The number of amides is 1. The van der Waals surface area contributed by atoms with E-state index in [1.54, 1.807) is 54.6 Å². The van der Waals surface area contributed by atoms with Crippen molar-refractivity contribution < 1.29 is 14.3 Å². The van der Waals surface area contributed by atoms with Gasteiger partial charge in [-0.3, -0.25) is 9.36 Å². The highest BCUT2D eigenvalue weighted by atomic mass is 16.6. The summed E-state index contributed by atoms with van der Waals surface area (Å²) in [5.41, 5.74) is 0.587. The van der Waals surface area contributed by atoms with E-state index in [9.17, 15) is 4.79 Å². The van der Waals surface area contributed by atoms with Crippen LogP contribution in [0, 0.1) is 0 Å². The summed E-state index contributed by atoms with van der Waals surface area (Å²) < 4.78 is 13.3. The fourth-order valence-corrected chi connectivity index (χ4v) is 2.63.